The topological polar surface area (TPSA) is 46.3 Å². The van der Waals surface area contributed by atoms with Gasteiger partial charge in [-0.25, -0.2) is 0 Å². The fraction of sp³-hybridized carbons (Fsp3) is 0.500. The SMILES string of the molecule is CCCCCCN(CCC(N)=S)C(=O)c1ccccc1. The molecule has 0 unspecified atom stereocenters. The first-order chi connectivity index (χ1) is 9.65. The van der Waals surface area contributed by atoms with Gasteiger partial charge in [-0.1, -0.05) is 56.6 Å². The Balaban J connectivity index is 2.60. The molecule has 1 rings (SSSR count). The second kappa shape index (κ2) is 9.48. The third-order valence-electron chi connectivity index (χ3n) is 3.22. The van der Waals surface area contributed by atoms with Crippen molar-refractivity contribution in [2.45, 2.75) is 39.0 Å². The smallest absolute Gasteiger partial charge is 0.253 e. The molecule has 0 fully saturated rings. The van der Waals surface area contributed by atoms with E-state index in [-0.39, 0.29) is 5.91 Å². The molecule has 1 aromatic carbocycles. The molecule has 0 bridgehead atoms. The maximum Gasteiger partial charge on any atom is 0.253 e. The Kier molecular flexibility index (Phi) is 7.88. The maximum atomic E-state index is 12.5. The standard InChI is InChI=1S/C16H24N2OS/c1-2-3-4-8-12-18(13-11-15(17)20)16(19)14-9-6-5-7-10-14/h5-7,9-10H,2-4,8,11-13H2,1H3,(H2,17,20). The van der Waals surface area contributed by atoms with Gasteiger partial charge >= 0.3 is 0 Å². The second-order valence-electron chi connectivity index (χ2n) is 4.94. The van der Waals surface area contributed by atoms with Crippen molar-refractivity contribution in [2.24, 2.45) is 5.73 Å². The van der Waals surface area contributed by atoms with Crippen molar-refractivity contribution in [3.63, 3.8) is 0 Å². The molecule has 0 aliphatic rings. The van der Waals surface area contributed by atoms with Gasteiger partial charge in [-0.2, -0.15) is 0 Å². The lowest BCUT2D eigenvalue weighted by atomic mass is 10.1. The van der Waals surface area contributed by atoms with Crippen LogP contribution >= 0.6 is 12.2 Å². The number of amides is 1. The Bertz CT molecular complexity index is 420. The van der Waals surface area contributed by atoms with E-state index in [0.717, 1.165) is 24.9 Å². The quantitative estimate of drug-likeness (QED) is 0.560. The van der Waals surface area contributed by atoms with Crippen LogP contribution in [0.1, 0.15) is 49.4 Å². The molecule has 0 atom stereocenters. The number of hydrogen-bond acceptors (Lipinski definition) is 2. The number of hydrogen-bond donors (Lipinski definition) is 1. The summed E-state index contributed by atoms with van der Waals surface area (Å²) < 4.78 is 0. The summed E-state index contributed by atoms with van der Waals surface area (Å²) in [5, 5.41) is 0. The minimum atomic E-state index is 0.0679. The molecule has 0 aliphatic carbocycles. The number of carbonyl (C=O) groups excluding carboxylic acids is 1. The summed E-state index contributed by atoms with van der Waals surface area (Å²) in [6.45, 7) is 3.56. The number of benzene rings is 1. The first-order valence-corrected chi connectivity index (χ1v) is 7.68. The Morgan fingerprint density at radius 1 is 1.15 bits per heavy atom. The van der Waals surface area contributed by atoms with Gasteiger partial charge in [0.25, 0.3) is 5.91 Å². The molecule has 0 radical (unpaired) electrons. The van der Waals surface area contributed by atoms with Crippen molar-refractivity contribution in [3.05, 3.63) is 35.9 Å². The lowest BCUT2D eigenvalue weighted by molar-refractivity contribution is 0.0757. The summed E-state index contributed by atoms with van der Waals surface area (Å²) in [6, 6.07) is 9.38. The number of nitrogens with two attached hydrogens (primary N) is 1. The van der Waals surface area contributed by atoms with E-state index in [2.05, 4.69) is 6.92 Å². The lowest BCUT2D eigenvalue weighted by Gasteiger charge is -2.22. The van der Waals surface area contributed by atoms with Crippen molar-refractivity contribution in [1.29, 1.82) is 0 Å². The monoisotopic (exact) mass is 292 g/mol. The predicted octanol–water partition coefficient (Wildman–Crippen LogP) is 3.39. The number of carbonyl (C=O) groups is 1. The van der Waals surface area contributed by atoms with Crippen LogP contribution in [0.15, 0.2) is 30.3 Å². The predicted molar refractivity (Wildman–Crippen MR) is 87.9 cm³/mol. The van der Waals surface area contributed by atoms with E-state index in [1.54, 1.807) is 0 Å². The molecular formula is C16H24N2OS. The van der Waals surface area contributed by atoms with Gasteiger partial charge < -0.3 is 10.6 Å². The molecule has 0 heterocycles. The van der Waals surface area contributed by atoms with Gasteiger partial charge in [0.05, 0.1) is 4.99 Å². The molecule has 0 saturated heterocycles. The zero-order valence-electron chi connectivity index (χ0n) is 12.2. The van der Waals surface area contributed by atoms with Crippen LogP contribution in [0.25, 0.3) is 0 Å². The van der Waals surface area contributed by atoms with E-state index in [9.17, 15) is 4.79 Å². The first-order valence-electron chi connectivity index (χ1n) is 7.27. The van der Waals surface area contributed by atoms with Crippen molar-refractivity contribution in [2.75, 3.05) is 13.1 Å². The Hall–Kier alpha value is -1.42. The summed E-state index contributed by atoms with van der Waals surface area (Å²) in [5.41, 5.74) is 6.28. The molecule has 20 heavy (non-hydrogen) atoms. The first kappa shape index (κ1) is 16.6. The lowest BCUT2D eigenvalue weighted by Crippen LogP contribution is -2.34. The molecule has 0 aromatic heterocycles. The zero-order valence-corrected chi connectivity index (χ0v) is 13.0. The normalized spacial score (nSPS) is 10.2. The van der Waals surface area contributed by atoms with Gasteiger partial charge in [-0.05, 0) is 18.6 Å². The van der Waals surface area contributed by atoms with E-state index in [1.807, 2.05) is 35.2 Å². The van der Waals surface area contributed by atoms with Crippen LogP contribution in [0.4, 0.5) is 0 Å². The molecule has 1 aromatic rings. The van der Waals surface area contributed by atoms with Gasteiger partial charge in [0, 0.05) is 25.1 Å². The van der Waals surface area contributed by atoms with Crippen LogP contribution in [0.2, 0.25) is 0 Å². The highest BCUT2D eigenvalue weighted by molar-refractivity contribution is 7.80. The summed E-state index contributed by atoms with van der Waals surface area (Å²) in [4.78, 5) is 14.8. The molecular weight excluding hydrogens is 268 g/mol. The van der Waals surface area contributed by atoms with Crippen molar-refractivity contribution >= 4 is 23.1 Å². The Morgan fingerprint density at radius 3 is 2.45 bits per heavy atom. The van der Waals surface area contributed by atoms with Crippen molar-refractivity contribution < 1.29 is 4.79 Å². The van der Waals surface area contributed by atoms with Gasteiger partial charge in [0.1, 0.15) is 0 Å². The fourth-order valence-electron chi connectivity index (χ4n) is 2.05. The molecule has 3 nitrogen and oxygen atoms in total. The average molecular weight is 292 g/mol. The molecule has 0 saturated carbocycles. The van der Waals surface area contributed by atoms with E-state index in [0.29, 0.717) is 18.0 Å². The van der Waals surface area contributed by atoms with Crippen LogP contribution in [0, 0.1) is 0 Å². The molecule has 4 heteroatoms. The van der Waals surface area contributed by atoms with E-state index in [1.165, 1.54) is 12.8 Å². The van der Waals surface area contributed by atoms with Crippen molar-refractivity contribution in [3.8, 4) is 0 Å². The van der Waals surface area contributed by atoms with Crippen LogP contribution in [0.3, 0.4) is 0 Å². The summed E-state index contributed by atoms with van der Waals surface area (Å²) >= 11 is 4.91. The van der Waals surface area contributed by atoms with Crippen LogP contribution in [0.5, 0.6) is 0 Å². The minimum absolute atomic E-state index is 0.0679. The largest absolute Gasteiger partial charge is 0.393 e. The maximum absolute atomic E-state index is 12.5. The van der Waals surface area contributed by atoms with Crippen LogP contribution in [-0.2, 0) is 0 Å². The summed E-state index contributed by atoms with van der Waals surface area (Å²) in [5.74, 6) is 0.0679. The van der Waals surface area contributed by atoms with Crippen LogP contribution < -0.4 is 5.73 Å². The third-order valence-corrected chi connectivity index (χ3v) is 3.42. The number of unbranched alkanes of at least 4 members (excludes halogenated alkanes) is 3. The van der Waals surface area contributed by atoms with Gasteiger partial charge in [-0.3, -0.25) is 4.79 Å². The Labute approximate surface area is 127 Å². The van der Waals surface area contributed by atoms with E-state index < -0.39 is 0 Å². The highest BCUT2D eigenvalue weighted by Crippen LogP contribution is 2.08. The zero-order chi connectivity index (χ0) is 14.8. The van der Waals surface area contributed by atoms with E-state index >= 15 is 0 Å². The van der Waals surface area contributed by atoms with Gasteiger partial charge in [0.15, 0.2) is 0 Å². The second-order valence-corrected chi connectivity index (χ2v) is 5.46. The van der Waals surface area contributed by atoms with Crippen LogP contribution in [-0.4, -0.2) is 28.9 Å². The third kappa shape index (κ3) is 6.15. The van der Waals surface area contributed by atoms with Gasteiger partial charge in [-0.15, -0.1) is 0 Å². The summed E-state index contributed by atoms with van der Waals surface area (Å²) in [6.07, 6.45) is 5.18. The number of thiocarbonyl (C=S) groups is 1. The average Bonchev–Trinajstić information content (AvgIpc) is 2.46. The highest BCUT2D eigenvalue weighted by Gasteiger charge is 2.14. The fourth-order valence-corrected chi connectivity index (χ4v) is 2.14. The molecule has 1 amide bonds. The minimum Gasteiger partial charge on any atom is -0.393 e. The van der Waals surface area contributed by atoms with Gasteiger partial charge in [0.2, 0.25) is 0 Å². The number of nitrogens with zero attached hydrogens (tertiary/aromatic N) is 1. The van der Waals surface area contributed by atoms with E-state index in [4.69, 9.17) is 18.0 Å². The molecule has 0 aliphatic heterocycles. The molecule has 2 N–H and O–H groups in total. The molecule has 0 spiro atoms. The Morgan fingerprint density at radius 2 is 1.85 bits per heavy atom. The number of rotatable bonds is 9. The molecule has 110 valence electrons. The summed E-state index contributed by atoms with van der Waals surface area (Å²) in [7, 11) is 0. The highest BCUT2D eigenvalue weighted by atomic mass is 32.1. The van der Waals surface area contributed by atoms with Crippen molar-refractivity contribution in [1.82, 2.24) is 4.90 Å².